The van der Waals surface area contributed by atoms with Gasteiger partial charge in [0, 0.05) is 0 Å². The summed E-state index contributed by atoms with van der Waals surface area (Å²) in [6, 6.07) is 25.2. The summed E-state index contributed by atoms with van der Waals surface area (Å²) >= 11 is 1.40. The van der Waals surface area contributed by atoms with E-state index in [9.17, 15) is 9.59 Å². The monoisotopic (exact) mass is 444 g/mol. The number of rotatable bonds is 6. The molecule has 1 heterocycles. The number of ether oxygens (including phenoxy) is 1. The molecule has 0 bridgehead atoms. The second kappa shape index (κ2) is 9.75. The molecule has 5 nitrogen and oxygen atoms in total. The van der Waals surface area contributed by atoms with Crippen molar-refractivity contribution in [2.45, 2.75) is 26.3 Å². The molecule has 0 aliphatic rings. The van der Waals surface area contributed by atoms with E-state index in [0.717, 1.165) is 26.9 Å². The topological polar surface area (TPSA) is 60.7 Å². The van der Waals surface area contributed by atoms with Gasteiger partial charge in [0.1, 0.15) is 6.54 Å². The third-order valence-electron chi connectivity index (χ3n) is 5.21. The molecule has 3 aromatic carbocycles. The van der Waals surface area contributed by atoms with Crippen LogP contribution in [-0.2, 0) is 20.9 Å². The molecule has 32 heavy (non-hydrogen) atoms. The molecule has 0 radical (unpaired) electrons. The first-order valence-corrected chi connectivity index (χ1v) is 11.3. The van der Waals surface area contributed by atoms with Gasteiger partial charge in [0.25, 0.3) is 5.91 Å². The molecule has 0 saturated carbocycles. The largest absolute Gasteiger partial charge is 0.465 e. The van der Waals surface area contributed by atoms with Crippen LogP contribution in [0, 0.1) is 6.92 Å². The fourth-order valence-electron chi connectivity index (χ4n) is 3.80. The molecule has 6 heteroatoms. The van der Waals surface area contributed by atoms with Crippen LogP contribution in [0.25, 0.3) is 10.2 Å². The van der Waals surface area contributed by atoms with Crippen LogP contribution >= 0.6 is 11.3 Å². The van der Waals surface area contributed by atoms with Crippen molar-refractivity contribution < 1.29 is 14.3 Å². The quantitative estimate of drug-likeness (QED) is 0.400. The first kappa shape index (κ1) is 21.7. The van der Waals surface area contributed by atoms with Gasteiger partial charge in [-0.25, -0.2) is 0 Å². The summed E-state index contributed by atoms with van der Waals surface area (Å²) in [6.45, 7) is 4.07. The zero-order valence-electron chi connectivity index (χ0n) is 18.0. The van der Waals surface area contributed by atoms with E-state index in [1.165, 1.54) is 11.3 Å². The fraction of sp³-hybridized carbons (Fsp3) is 0.192. The Hall–Kier alpha value is -3.51. The summed E-state index contributed by atoms with van der Waals surface area (Å²) < 4.78 is 7.93. The van der Waals surface area contributed by atoms with Crippen LogP contribution in [0.3, 0.4) is 0 Å². The van der Waals surface area contributed by atoms with Crippen LogP contribution in [0.1, 0.15) is 29.5 Å². The van der Waals surface area contributed by atoms with Crippen molar-refractivity contribution in [1.29, 1.82) is 0 Å². The fourth-order valence-corrected chi connectivity index (χ4v) is 4.92. The molecule has 0 atom stereocenters. The van der Waals surface area contributed by atoms with E-state index >= 15 is 0 Å². The number of hydrogen-bond donors (Lipinski definition) is 0. The maximum absolute atomic E-state index is 13.5. The Morgan fingerprint density at radius 3 is 2.16 bits per heavy atom. The summed E-state index contributed by atoms with van der Waals surface area (Å²) in [6.07, 6.45) is 0. The maximum atomic E-state index is 13.5. The standard InChI is InChI=1S/C26H24N2O3S/c1-3-31-22(29)17-28-24-18(2)11-10-16-21(24)32-26(28)27-25(30)23(19-12-6-4-7-13-19)20-14-8-5-9-15-20/h4-16,23H,3,17H2,1-2H3. The lowest BCUT2D eigenvalue weighted by Crippen LogP contribution is -2.24. The number of aryl methyl sites for hydroxylation is 1. The predicted octanol–water partition coefficient (Wildman–Crippen LogP) is 4.83. The highest BCUT2D eigenvalue weighted by molar-refractivity contribution is 7.16. The molecule has 0 saturated heterocycles. The highest BCUT2D eigenvalue weighted by Gasteiger charge is 2.23. The van der Waals surface area contributed by atoms with Gasteiger partial charge >= 0.3 is 5.97 Å². The van der Waals surface area contributed by atoms with Gasteiger partial charge < -0.3 is 9.30 Å². The molecular weight excluding hydrogens is 420 g/mol. The Morgan fingerprint density at radius 2 is 1.56 bits per heavy atom. The van der Waals surface area contributed by atoms with E-state index < -0.39 is 5.92 Å². The van der Waals surface area contributed by atoms with Crippen molar-refractivity contribution in [2.24, 2.45) is 4.99 Å². The van der Waals surface area contributed by atoms with Crippen LogP contribution in [0.15, 0.2) is 83.9 Å². The molecule has 1 aromatic heterocycles. The summed E-state index contributed by atoms with van der Waals surface area (Å²) in [4.78, 5) is 30.9. The molecule has 0 spiro atoms. The summed E-state index contributed by atoms with van der Waals surface area (Å²) in [5.74, 6) is -1.16. The minimum atomic E-state index is -0.528. The molecule has 162 valence electrons. The highest BCUT2D eigenvalue weighted by Crippen LogP contribution is 2.26. The molecular formula is C26H24N2O3S. The molecule has 0 fully saturated rings. The zero-order valence-corrected chi connectivity index (χ0v) is 18.8. The number of esters is 1. The van der Waals surface area contributed by atoms with Crippen LogP contribution in [0.4, 0.5) is 0 Å². The van der Waals surface area contributed by atoms with Gasteiger partial charge in [-0.3, -0.25) is 9.59 Å². The van der Waals surface area contributed by atoms with Gasteiger partial charge in [0.15, 0.2) is 4.80 Å². The lowest BCUT2D eigenvalue weighted by molar-refractivity contribution is -0.143. The van der Waals surface area contributed by atoms with Crippen LogP contribution in [0.5, 0.6) is 0 Å². The number of carbonyl (C=O) groups is 2. The van der Waals surface area contributed by atoms with Gasteiger partial charge in [-0.2, -0.15) is 4.99 Å². The van der Waals surface area contributed by atoms with Crippen molar-refractivity contribution in [3.8, 4) is 0 Å². The smallest absolute Gasteiger partial charge is 0.326 e. The number of aromatic nitrogens is 1. The van der Waals surface area contributed by atoms with E-state index in [0.29, 0.717) is 11.4 Å². The SMILES string of the molecule is CCOC(=O)Cn1c(=NC(=O)C(c2ccccc2)c2ccccc2)sc2cccc(C)c21. The minimum absolute atomic E-state index is 0.00610. The van der Waals surface area contributed by atoms with Gasteiger partial charge in [-0.1, -0.05) is 84.1 Å². The molecule has 0 N–H and O–H groups in total. The van der Waals surface area contributed by atoms with Gasteiger partial charge in [-0.05, 0) is 36.6 Å². The highest BCUT2D eigenvalue weighted by atomic mass is 32.1. The first-order chi connectivity index (χ1) is 15.6. The third kappa shape index (κ3) is 4.55. The van der Waals surface area contributed by atoms with Crippen molar-refractivity contribution in [1.82, 2.24) is 4.57 Å². The second-order valence-electron chi connectivity index (χ2n) is 7.40. The van der Waals surface area contributed by atoms with E-state index in [-0.39, 0.29) is 18.4 Å². The number of para-hydroxylation sites is 1. The van der Waals surface area contributed by atoms with Crippen molar-refractivity contribution in [3.05, 3.63) is 100 Å². The number of benzene rings is 3. The number of thiazole rings is 1. The van der Waals surface area contributed by atoms with Crippen LogP contribution in [0.2, 0.25) is 0 Å². The Labute approximate surface area is 190 Å². The molecule has 0 aliphatic heterocycles. The number of amides is 1. The zero-order chi connectivity index (χ0) is 22.5. The number of nitrogens with zero attached hydrogens (tertiary/aromatic N) is 2. The second-order valence-corrected chi connectivity index (χ2v) is 8.41. The first-order valence-electron chi connectivity index (χ1n) is 10.5. The lowest BCUT2D eigenvalue weighted by Gasteiger charge is -2.14. The number of fused-ring (bicyclic) bond motifs is 1. The Morgan fingerprint density at radius 1 is 0.938 bits per heavy atom. The summed E-state index contributed by atoms with van der Waals surface area (Å²) in [5.41, 5.74) is 3.66. The average Bonchev–Trinajstić information content (AvgIpc) is 3.13. The van der Waals surface area contributed by atoms with Crippen LogP contribution in [-0.4, -0.2) is 23.1 Å². The summed E-state index contributed by atoms with van der Waals surface area (Å²) in [5, 5.41) is 0. The third-order valence-corrected chi connectivity index (χ3v) is 6.26. The Bertz CT molecular complexity index is 1270. The number of carbonyl (C=O) groups excluding carboxylic acids is 2. The Balaban J connectivity index is 1.86. The molecule has 4 rings (SSSR count). The van der Waals surface area contributed by atoms with E-state index in [1.54, 1.807) is 11.5 Å². The van der Waals surface area contributed by atoms with Crippen molar-refractivity contribution in [3.63, 3.8) is 0 Å². The van der Waals surface area contributed by atoms with E-state index in [1.807, 2.05) is 85.8 Å². The normalized spacial score (nSPS) is 11.8. The van der Waals surface area contributed by atoms with Crippen molar-refractivity contribution in [2.75, 3.05) is 6.61 Å². The number of hydrogen-bond acceptors (Lipinski definition) is 4. The Kier molecular flexibility index (Phi) is 6.61. The van der Waals surface area contributed by atoms with Gasteiger partial charge in [-0.15, -0.1) is 0 Å². The molecule has 0 aliphatic carbocycles. The minimum Gasteiger partial charge on any atom is -0.465 e. The van der Waals surface area contributed by atoms with Gasteiger partial charge in [0.2, 0.25) is 0 Å². The van der Waals surface area contributed by atoms with Crippen molar-refractivity contribution >= 4 is 33.4 Å². The molecule has 0 unspecified atom stereocenters. The predicted molar refractivity (Wildman–Crippen MR) is 126 cm³/mol. The van der Waals surface area contributed by atoms with Crippen LogP contribution < -0.4 is 4.80 Å². The van der Waals surface area contributed by atoms with E-state index in [4.69, 9.17) is 4.74 Å². The van der Waals surface area contributed by atoms with E-state index in [2.05, 4.69) is 4.99 Å². The molecule has 4 aromatic rings. The average molecular weight is 445 g/mol. The van der Waals surface area contributed by atoms with Gasteiger partial charge in [0.05, 0.1) is 22.7 Å². The summed E-state index contributed by atoms with van der Waals surface area (Å²) in [7, 11) is 0. The maximum Gasteiger partial charge on any atom is 0.326 e. The lowest BCUT2D eigenvalue weighted by atomic mass is 9.91. The molecule has 1 amide bonds.